The van der Waals surface area contributed by atoms with Crippen molar-refractivity contribution in [3.63, 3.8) is 0 Å². The zero-order valence-corrected chi connectivity index (χ0v) is 17.0. The van der Waals surface area contributed by atoms with Crippen LogP contribution in [-0.4, -0.2) is 38.7 Å². The molecule has 3 rings (SSSR count). The molecule has 1 aliphatic heterocycles. The van der Waals surface area contributed by atoms with Crippen molar-refractivity contribution < 1.29 is 14.7 Å². The van der Waals surface area contributed by atoms with E-state index in [1.807, 2.05) is 29.6 Å². The minimum absolute atomic E-state index is 0.210. The van der Waals surface area contributed by atoms with E-state index < -0.39 is 6.04 Å². The molecule has 0 radical (unpaired) electrons. The molecule has 0 spiro atoms. The number of benzene rings is 1. The molecule has 1 aromatic heterocycles. The van der Waals surface area contributed by atoms with Crippen LogP contribution < -0.4 is 5.32 Å². The zero-order chi connectivity index (χ0) is 19.4. The number of aromatic hydroxyl groups is 1. The molecule has 140 valence electrons. The number of carbonyl (C=O) groups excluding carboxylic acids is 2. The molecule has 27 heavy (non-hydrogen) atoms. The summed E-state index contributed by atoms with van der Waals surface area (Å²) in [5.74, 6) is -0.275. The topological polar surface area (TPSA) is 69.6 Å². The molecule has 2 N–H and O–H groups in total. The van der Waals surface area contributed by atoms with Crippen LogP contribution in [0.1, 0.15) is 17.4 Å². The Bertz CT molecular complexity index is 876. The van der Waals surface area contributed by atoms with Gasteiger partial charge in [-0.1, -0.05) is 42.2 Å². The van der Waals surface area contributed by atoms with E-state index in [1.165, 1.54) is 16.7 Å². The van der Waals surface area contributed by atoms with E-state index in [0.29, 0.717) is 22.2 Å². The van der Waals surface area contributed by atoms with E-state index in [4.69, 9.17) is 12.2 Å². The number of rotatable bonds is 6. The molecule has 2 aromatic rings. The predicted octanol–water partition coefficient (Wildman–Crippen LogP) is 3.40. The van der Waals surface area contributed by atoms with E-state index >= 15 is 0 Å². The van der Waals surface area contributed by atoms with Gasteiger partial charge in [-0.05, 0) is 48.6 Å². The molecular formula is C19H18N2O3S3. The molecule has 1 atom stereocenters. The van der Waals surface area contributed by atoms with Crippen LogP contribution in [0.4, 0.5) is 0 Å². The molecule has 1 aromatic carbocycles. The maximum Gasteiger partial charge on any atom is 0.266 e. The van der Waals surface area contributed by atoms with Crippen molar-refractivity contribution in [1.82, 2.24) is 10.2 Å². The van der Waals surface area contributed by atoms with Gasteiger partial charge in [0.1, 0.15) is 16.1 Å². The molecule has 0 aliphatic carbocycles. The van der Waals surface area contributed by atoms with Crippen molar-refractivity contribution >= 4 is 57.5 Å². The summed E-state index contributed by atoms with van der Waals surface area (Å²) < 4.78 is 0.393. The van der Waals surface area contributed by atoms with Gasteiger partial charge in [0.05, 0.1) is 4.91 Å². The number of hydrogen-bond acceptors (Lipinski definition) is 6. The Kier molecular flexibility index (Phi) is 6.30. The molecule has 1 fully saturated rings. The Hall–Kier alpha value is -2.16. The van der Waals surface area contributed by atoms with Crippen molar-refractivity contribution in [3.05, 3.63) is 57.1 Å². The largest absolute Gasteiger partial charge is 0.508 e. The summed E-state index contributed by atoms with van der Waals surface area (Å²) in [6.45, 7) is 2.11. The number of phenols is 1. The number of amides is 2. The van der Waals surface area contributed by atoms with Crippen molar-refractivity contribution in [3.8, 4) is 5.75 Å². The molecular weight excluding hydrogens is 400 g/mol. The zero-order valence-electron chi connectivity index (χ0n) is 14.5. The Balaban J connectivity index is 1.58. The quantitative estimate of drug-likeness (QED) is 0.556. The summed E-state index contributed by atoms with van der Waals surface area (Å²) in [7, 11) is 0. The maximum absolute atomic E-state index is 12.7. The highest BCUT2D eigenvalue weighted by Gasteiger charge is 2.38. The fourth-order valence-electron chi connectivity index (χ4n) is 2.57. The standard InChI is InChI=1S/C19H18N2O3S3/c1-12(17(23)20-9-8-13-4-6-14(22)7-5-13)21-18(24)16(27-19(21)25)11-15-3-2-10-26-15/h2-7,10-12,22H,8-9H2,1H3,(H,20,23)/b16-11-/t12-/m1/s1. The number of nitrogens with zero attached hydrogens (tertiary/aromatic N) is 1. The third-order valence-corrected chi connectivity index (χ3v) is 6.21. The second-order valence-corrected chi connectivity index (χ2v) is 8.61. The fourth-order valence-corrected chi connectivity index (χ4v) is 4.72. The van der Waals surface area contributed by atoms with Crippen LogP contribution in [0.25, 0.3) is 6.08 Å². The SMILES string of the molecule is C[C@H](C(=O)NCCc1ccc(O)cc1)N1C(=O)/C(=C/c2cccs2)SC1=S. The lowest BCUT2D eigenvalue weighted by Crippen LogP contribution is -2.47. The first-order valence-corrected chi connectivity index (χ1v) is 10.4. The van der Waals surface area contributed by atoms with Gasteiger partial charge in [-0.25, -0.2) is 0 Å². The van der Waals surface area contributed by atoms with E-state index in [0.717, 1.165) is 10.4 Å². The molecule has 5 nitrogen and oxygen atoms in total. The van der Waals surface area contributed by atoms with E-state index in [-0.39, 0.29) is 17.6 Å². The fraction of sp³-hybridized carbons (Fsp3) is 0.211. The number of thioether (sulfide) groups is 1. The second kappa shape index (κ2) is 8.69. The van der Waals surface area contributed by atoms with Gasteiger partial charge in [-0.3, -0.25) is 14.5 Å². The summed E-state index contributed by atoms with van der Waals surface area (Å²) in [6.07, 6.45) is 2.44. The van der Waals surface area contributed by atoms with Gasteiger partial charge in [0.2, 0.25) is 5.91 Å². The molecule has 1 aliphatic rings. The third kappa shape index (κ3) is 4.77. The summed E-state index contributed by atoms with van der Waals surface area (Å²) in [6, 6.07) is 10.0. The molecule has 0 bridgehead atoms. The Morgan fingerprint density at radius 1 is 1.33 bits per heavy atom. The lowest BCUT2D eigenvalue weighted by molar-refractivity contribution is -0.132. The summed E-state index contributed by atoms with van der Waals surface area (Å²) in [5.41, 5.74) is 1.00. The first kappa shape index (κ1) is 19.6. The molecule has 0 saturated carbocycles. The smallest absolute Gasteiger partial charge is 0.266 e. The lowest BCUT2D eigenvalue weighted by atomic mass is 10.1. The molecule has 8 heteroatoms. The number of nitrogens with one attached hydrogen (secondary N) is 1. The molecule has 1 saturated heterocycles. The van der Waals surface area contributed by atoms with E-state index in [2.05, 4.69) is 5.32 Å². The van der Waals surface area contributed by atoms with Gasteiger partial charge in [0.15, 0.2) is 0 Å². The minimum atomic E-state index is -0.674. The summed E-state index contributed by atoms with van der Waals surface area (Å²) in [5, 5.41) is 14.1. The number of hydrogen-bond donors (Lipinski definition) is 2. The Morgan fingerprint density at radius 2 is 2.07 bits per heavy atom. The minimum Gasteiger partial charge on any atom is -0.508 e. The van der Waals surface area contributed by atoms with Gasteiger partial charge in [-0.15, -0.1) is 11.3 Å². The van der Waals surface area contributed by atoms with Crippen molar-refractivity contribution in [2.75, 3.05) is 6.54 Å². The van der Waals surface area contributed by atoms with Crippen molar-refractivity contribution in [2.45, 2.75) is 19.4 Å². The van der Waals surface area contributed by atoms with E-state index in [9.17, 15) is 14.7 Å². The average molecular weight is 419 g/mol. The van der Waals surface area contributed by atoms with Crippen LogP contribution in [0.5, 0.6) is 5.75 Å². The number of thiocarbonyl (C=S) groups is 1. The van der Waals surface area contributed by atoms with Gasteiger partial charge >= 0.3 is 0 Å². The predicted molar refractivity (Wildman–Crippen MR) is 114 cm³/mol. The van der Waals surface area contributed by atoms with Crippen LogP contribution >= 0.6 is 35.3 Å². The maximum atomic E-state index is 12.7. The van der Waals surface area contributed by atoms with Crippen molar-refractivity contribution in [2.24, 2.45) is 0 Å². The Morgan fingerprint density at radius 3 is 2.74 bits per heavy atom. The monoisotopic (exact) mass is 418 g/mol. The van der Waals surface area contributed by atoms with Crippen LogP contribution in [-0.2, 0) is 16.0 Å². The lowest BCUT2D eigenvalue weighted by Gasteiger charge is -2.22. The molecule has 2 amide bonds. The normalized spacial score (nSPS) is 16.8. The number of thiophene rings is 1. The highest BCUT2D eigenvalue weighted by molar-refractivity contribution is 8.26. The first-order chi connectivity index (χ1) is 13.0. The van der Waals surface area contributed by atoms with Gasteiger partial charge in [0, 0.05) is 11.4 Å². The van der Waals surface area contributed by atoms with Gasteiger partial charge < -0.3 is 10.4 Å². The molecule has 2 heterocycles. The van der Waals surface area contributed by atoms with Crippen molar-refractivity contribution in [1.29, 1.82) is 0 Å². The summed E-state index contributed by atoms with van der Waals surface area (Å²) >= 11 is 8.07. The third-order valence-electron chi connectivity index (χ3n) is 4.06. The second-order valence-electron chi connectivity index (χ2n) is 5.95. The van der Waals surface area contributed by atoms with Gasteiger partial charge in [0.25, 0.3) is 5.91 Å². The highest BCUT2D eigenvalue weighted by Crippen LogP contribution is 2.34. The first-order valence-electron chi connectivity index (χ1n) is 8.32. The van der Waals surface area contributed by atoms with Crippen LogP contribution in [0, 0.1) is 0 Å². The van der Waals surface area contributed by atoms with Crippen LogP contribution in [0.3, 0.4) is 0 Å². The summed E-state index contributed by atoms with van der Waals surface area (Å²) in [4.78, 5) is 28.0. The highest BCUT2D eigenvalue weighted by atomic mass is 32.2. The number of phenolic OH excluding ortho intramolecular Hbond substituents is 1. The van der Waals surface area contributed by atoms with Crippen LogP contribution in [0.2, 0.25) is 0 Å². The Labute approximate surface area is 171 Å². The average Bonchev–Trinajstić information content (AvgIpc) is 3.24. The number of carbonyl (C=O) groups is 2. The molecule has 0 unspecified atom stereocenters. The van der Waals surface area contributed by atoms with E-state index in [1.54, 1.807) is 36.5 Å². The van der Waals surface area contributed by atoms with Gasteiger partial charge in [-0.2, -0.15) is 0 Å². The van der Waals surface area contributed by atoms with Crippen LogP contribution in [0.15, 0.2) is 46.7 Å².